The van der Waals surface area contributed by atoms with Crippen molar-refractivity contribution in [2.45, 2.75) is 6.92 Å². The quantitative estimate of drug-likeness (QED) is 0.126. The maximum Gasteiger partial charge on any atom is 3.00 e. The van der Waals surface area contributed by atoms with Gasteiger partial charge in [0.05, 0.1) is 0 Å². The molecule has 4 aromatic carbocycles. The molecule has 0 saturated heterocycles. The van der Waals surface area contributed by atoms with Crippen LogP contribution >= 0.6 is 0 Å². The Morgan fingerprint density at radius 2 is 0.764 bits per heavy atom. The number of hydrogen-bond donors (Lipinski definition) is 0. The van der Waals surface area contributed by atoms with Gasteiger partial charge >= 0.3 is 26.1 Å². The third-order valence-corrected chi connectivity index (χ3v) is 8.75. The summed E-state index contributed by atoms with van der Waals surface area (Å²) in [5.74, 6) is -4.13. The number of carbonyl (C=O) groups is 1. The molecule has 0 aliphatic heterocycles. The van der Waals surface area contributed by atoms with Crippen LogP contribution in [0.3, 0.4) is 0 Å². The molecule has 6 aromatic heterocycles. The third-order valence-electron chi connectivity index (χ3n) is 8.75. The number of imidazole rings is 2. The number of aromatic nitrogens is 8. The summed E-state index contributed by atoms with van der Waals surface area (Å²) in [5.41, 5.74) is 3.81. The van der Waals surface area contributed by atoms with Gasteiger partial charge in [-0.25, -0.2) is 14.8 Å². The van der Waals surface area contributed by atoms with E-state index in [1.807, 2.05) is 13.0 Å². The van der Waals surface area contributed by atoms with Gasteiger partial charge in [0.15, 0.2) is 0 Å². The molecule has 6 heterocycles. The normalized spacial score (nSPS) is 9.58. The van der Waals surface area contributed by atoms with Crippen LogP contribution in [0.1, 0.15) is 5.56 Å². The number of benzene rings is 4. The molecule has 365 valence electrons. The number of rotatable bonds is 4. The van der Waals surface area contributed by atoms with E-state index < -0.39 is 34.9 Å². The molecule has 0 atom stereocenters. The minimum atomic E-state index is -0.649. The first-order valence-corrected chi connectivity index (χ1v) is 20.1. The van der Waals surface area contributed by atoms with Crippen LogP contribution in [0, 0.1) is 83.7 Å². The first-order chi connectivity index (χ1) is 34.0. The fourth-order valence-corrected chi connectivity index (χ4v) is 5.61. The van der Waals surface area contributed by atoms with E-state index in [1.165, 1.54) is 27.9 Å². The molecule has 0 bridgehead atoms. The summed E-state index contributed by atoms with van der Waals surface area (Å²) in [7, 11) is 0. The van der Waals surface area contributed by atoms with Gasteiger partial charge in [0, 0.05) is 110 Å². The minimum Gasteiger partial charge on any atom is -0.512 e. The predicted molar refractivity (Wildman–Crippen MR) is 244 cm³/mol. The van der Waals surface area contributed by atoms with Crippen LogP contribution in [0.25, 0.3) is 45.0 Å². The Bertz CT molecular complexity index is 2800. The fraction of sp³-hybridized carbons (Fsp3) is 0.0189. The van der Waals surface area contributed by atoms with Gasteiger partial charge in [-0.2, -0.15) is 0 Å². The van der Waals surface area contributed by atoms with Crippen molar-refractivity contribution in [1.82, 2.24) is 39.0 Å². The van der Waals surface area contributed by atoms with E-state index in [4.69, 9.17) is 11.8 Å². The molecule has 10 aromatic rings. The molecule has 10 nitrogen and oxygen atoms in total. The fourth-order valence-electron chi connectivity index (χ4n) is 5.61. The number of aryl methyl sites for hydroxylation is 1. The van der Waals surface area contributed by atoms with Crippen molar-refractivity contribution in [2.24, 2.45) is 0 Å². The van der Waals surface area contributed by atoms with E-state index in [1.54, 1.807) is 122 Å². The molecule has 0 fully saturated rings. The maximum absolute atomic E-state index is 13.5. The molecule has 1 radical (unpaired) electrons. The van der Waals surface area contributed by atoms with Gasteiger partial charge < -0.3 is 31.8 Å². The maximum atomic E-state index is 13.5. The van der Waals surface area contributed by atoms with Crippen LogP contribution in [0.15, 0.2) is 184 Å². The molecule has 0 N–H and O–H groups in total. The van der Waals surface area contributed by atoms with Crippen LogP contribution in [0.5, 0.6) is 0 Å². The second-order valence-corrected chi connectivity index (χ2v) is 13.6. The predicted octanol–water partition coefficient (Wildman–Crippen LogP) is 12.2. The SMILES string of the molecule is Cc1c[c-]c(-c2ccccn2)c(F)c1.Fc1c[c-]c(-c2ccccn2)c(F)c1.Fc1c[c-]c(-c2ccccn2)c(F)c1.Fc1c[c-]c(-c2ccccn2)c(F)c1.O=C(n1ccnc1)n1ccnc1.[C-]#N.[Ir+3].[Ir]. The summed E-state index contributed by atoms with van der Waals surface area (Å²) in [6.45, 7) is 6.59. The molecule has 0 unspecified atom stereocenters. The molecule has 0 saturated carbocycles. The summed E-state index contributed by atoms with van der Waals surface area (Å²) >= 11 is 0. The molecule has 0 aliphatic rings. The molecular weight excluding hydrogens is 1300 g/mol. The van der Waals surface area contributed by atoms with Crippen molar-refractivity contribution in [3.05, 3.63) is 261 Å². The largest absolute Gasteiger partial charge is 3.00 e. The zero-order chi connectivity index (χ0) is 50.3. The first kappa shape index (κ1) is 58.2. The molecule has 0 amide bonds. The molecule has 72 heavy (non-hydrogen) atoms. The zero-order valence-electron chi connectivity index (χ0n) is 37.1. The Hall–Kier alpha value is -8.13. The van der Waals surface area contributed by atoms with Gasteiger partial charge in [0.25, 0.3) is 0 Å². The van der Waals surface area contributed by atoms with Crippen LogP contribution in [-0.4, -0.2) is 45.1 Å². The van der Waals surface area contributed by atoms with E-state index >= 15 is 0 Å². The van der Waals surface area contributed by atoms with Gasteiger partial charge in [0.2, 0.25) is 0 Å². The Kier molecular flexibility index (Phi) is 24.6. The molecule has 0 aliphatic carbocycles. The number of pyridine rings is 4. The summed E-state index contributed by atoms with van der Waals surface area (Å²) in [5, 5.41) is 6.25. The monoisotopic (exact) mass is 1330 g/mol. The molecule has 0 spiro atoms. The van der Waals surface area contributed by atoms with Crippen molar-refractivity contribution in [3.8, 4) is 45.0 Å². The minimum absolute atomic E-state index is 0. The summed E-state index contributed by atoms with van der Waals surface area (Å²) in [6.07, 6.45) is 15.4. The summed E-state index contributed by atoms with van der Waals surface area (Å²) < 4.78 is 93.6. The van der Waals surface area contributed by atoms with Gasteiger partial charge in [-0.1, -0.05) is 95.9 Å². The average Bonchev–Trinajstić information content (AvgIpc) is 4.14. The Balaban J connectivity index is 0.000000234. The van der Waals surface area contributed by atoms with Crippen LogP contribution < -0.4 is 0 Å². The smallest absolute Gasteiger partial charge is 0.512 e. The van der Waals surface area contributed by atoms with Crippen molar-refractivity contribution >= 4 is 6.03 Å². The van der Waals surface area contributed by atoms with Crippen LogP contribution in [-0.2, 0) is 40.2 Å². The summed E-state index contributed by atoms with van der Waals surface area (Å²) in [4.78, 5) is 34.8. The van der Waals surface area contributed by atoms with Gasteiger partial charge in [-0.15, -0.1) is 60.2 Å². The van der Waals surface area contributed by atoms with Gasteiger partial charge in [0.1, 0.15) is 12.7 Å². The second-order valence-electron chi connectivity index (χ2n) is 13.6. The molecular formula is C53H33F7Ir2N9O-2. The van der Waals surface area contributed by atoms with Gasteiger partial charge in [-0.05, 0) is 47.0 Å². The Morgan fingerprint density at radius 1 is 0.472 bits per heavy atom. The Morgan fingerprint density at radius 3 is 1.00 bits per heavy atom. The Labute approximate surface area is 436 Å². The zero-order valence-corrected chi connectivity index (χ0v) is 41.9. The summed E-state index contributed by atoms with van der Waals surface area (Å²) in [6, 6.07) is 39.9. The van der Waals surface area contributed by atoms with E-state index in [-0.39, 0.29) is 68.7 Å². The van der Waals surface area contributed by atoms with Crippen LogP contribution in [0.4, 0.5) is 35.5 Å². The van der Waals surface area contributed by atoms with E-state index in [9.17, 15) is 35.5 Å². The topological polar surface area (TPSA) is 128 Å². The van der Waals surface area contributed by atoms with E-state index in [2.05, 4.69) is 54.2 Å². The third kappa shape index (κ3) is 17.7. The number of carbonyl (C=O) groups excluding carboxylic acids is 1. The van der Waals surface area contributed by atoms with Crippen molar-refractivity contribution in [3.63, 3.8) is 0 Å². The van der Waals surface area contributed by atoms with Crippen LogP contribution in [0.2, 0.25) is 0 Å². The van der Waals surface area contributed by atoms with E-state index in [0.29, 0.717) is 28.3 Å². The molecule has 19 heteroatoms. The van der Waals surface area contributed by atoms with Crippen molar-refractivity contribution in [2.75, 3.05) is 0 Å². The van der Waals surface area contributed by atoms with Crippen molar-refractivity contribution < 1.29 is 75.7 Å². The number of nitrogens with zero attached hydrogens (tertiary/aromatic N) is 9. The average molecular weight is 1330 g/mol. The first-order valence-electron chi connectivity index (χ1n) is 20.1. The van der Waals surface area contributed by atoms with Crippen molar-refractivity contribution in [1.29, 1.82) is 5.26 Å². The second kappa shape index (κ2) is 30.5. The standard InChI is InChI=1S/C12H9FN.3C11H6F2N.C7H6N4O.CN.2Ir/c1-9-5-6-10(11(13)8-9)12-4-2-3-7-14-12;3*12-8-4-5-9(10(13)7-8)11-3-1-2-6-14-11;12-7(10-3-1-8-5-10)11-4-2-9-6-11;1-2;;/h2-5,7-8H,1H3;3*1-4,6-7H;1-6H;;;/q4*-1;;-1;;+3. The number of halogens is 7. The number of hydrogen-bond acceptors (Lipinski definition) is 8. The van der Waals surface area contributed by atoms with E-state index in [0.717, 1.165) is 42.0 Å². The molecule has 10 rings (SSSR count). The van der Waals surface area contributed by atoms with Gasteiger partial charge in [-0.3, -0.25) is 39.9 Å².